The van der Waals surface area contributed by atoms with E-state index < -0.39 is 24.3 Å². The summed E-state index contributed by atoms with van der Waals surface area (Å²) in [5.41, 5.74) is 1.88. The topological polar surface area (TPSA) is 76.1 Å². The maximum Gasteiger partial charge on any atom is 0.342 e. The molecule has 0 N–H and O–H groups in total. The van der Waals surface area contributed by atoms with Crippen molar-refractivity contribution in [3.8, 4) is 0 Å². The first-order valence-corrected chi connectivity index (χ1v) is 9.76. The van der Waals surface area contributed by atoms with Crippen molar-refractivity contribution in [3.63, 3.8) is 0 Å². The zero-order valence-corrected chi connectivity index (χ0v) is 15.5. The summed E-state index contributed by atoms with van der Waals surface area (Å²) in [6.07, 6.45) is -0.690. The van der Waals surface area contributed by atoms with Crippen LogP contribution in [0.5, 0.6) is 0 Å². The minimum absolute atomic E-state index is 0.0732. The van der Waals surface area contributed by atoms with Crippen LogP contribution in [0.1, 0.15) is 28.6 Å². The third-order valence-electron chi connectivity index (χ3n) is 5.06. The first-order chi connectivity index (χ1) is 13.6. The van der Waals surface area contributed by atoms with Gasteiger partial charge in [-0.15, -0.1) is 0 Å². The number of rotatable bonds is 3. The molecular weight excluding hydrogens is 380 g/mol. The first-order valence-electron chi connectivity index (χ1n) is 8.93. The van der Waals surface area contributed by atoms with Crippen LogP contribution in [0.2, 0.25) is 0 Å². The van der Waals surface area contributed by atoms with E-state index in [0.717, 1.165) is 5.69 Å². The first kappa shape index (κ1) is 17.1. The van der Waals surface area contributed by atoms with Crippen LogP contribution in [-0.2, 0) is 19.1 Å². The molecule has 0 aromatic heterocycles. The number of para-hydroxylation sites is 1. The Labute approximate surface area is 165 Å². The van der Waals surface area contributed by atoms with Gasteiger partial charge in [0.15, 0.2) is 0 Å². The predicted molar refractivity (Wildman–Crippen MR) is 101 cm³/mol. The van der Waals surface area contributed by atoms with Gasteiger partial charge >= 0.3 is 11.9 Å². The summed E-state index contributed by atoms with van der Waals surface area (Å²) in [6.45, 7) is 0.304. The average molecular weight is 396 g/mol. The molecule has 1 amide bonds. The number of cyclic esters (lactones) is 1. The molecule has 3 atom stereocenters. The quantitative estimate of drug-likeness (QED) is 0.448. The molecule has 142 valence electrons. The summed E-state index contributed by atoms with van der Waals surface area (Å²) in [6, 6.07) is 15.8. The lowest BCUT2D eigenvalue weighted by atomic mass is 10.1. The lowest BCUT2D eigenvalue weighted by molar-refractivity contribution is -0.179. The predicted octanol–water partition coefficient (Wildman–Crippen LogP) is 2.49. The summed E-state index contributed by atoms with van der Waals surface area (Å²) >= 11 is 1.54. The normalized spacial score (nSPS) is 25.5. The minimum Gasteiger partial charge on any atom is -0.419 e. The van der Waals surface area contributed by atoms with Crippen molar-refractivity contribution in [2.45, 2.75) is 24.1 Å². The molecule has 3 heterocycles. The second kappa shape index (κ2) is 6.56. The summed E-state index contributed by atoms with van der Waals surface area (Å²) in [5, 5.41) is -0.0996. The van der Waals surface area contributed by atoms with Gasteiger partial charge in [0.1, 0.15) is 11.4 Å². The van der Waals surface area contributed by atoms with E-state index in [0.29, 0.717) is 24.1 Å². The molecule has 0 saturated carbocycles. The van der Waals surface area contributed by atoms with E-state index in [1.54, 1.807) is 29.2 Å². The number of β-lactam (4-membered cyclic amide) rings is 1. The van der Waals surface area contributed by atoms with Gasteiger partial charge in [-0.1, -0.05) is 36.4 Å². The van der Waals surface area contributed by atoms with Crippen molar-refractivity contribution in [2.24, 2.45) is 0 Å². The lowest BCUT2D eigenvalue weighted by Gasteiger charge is -2.50. The van der Waals surface area contributed by atoms with Crippen molar-refractivity contribution in [1.82, 2.24) is 4.90 Å². The highest BCUT2D eigenvalue weighted by atomic mass is 32.2. The Morgan fingerprint density at radius 3 is 2.61 bits per heavy atom. The number of hydrogen-bond acceptors (Lipinski definition) is 7. The highest BCUT2D eigenvalue weighted by Gasteiger charge is 2.51. The fourth-order valence-corrected chi connectivity index (χ4v) is 4.98. The Morgan fingerprint density at radius 2 is 1.82 bits per heavy atom. The largest absolute Gasteiger partial charge is 0.419 e. The van der Waals surface area contributed by atoms with Crippen LogP contribution >= 0.6 is 11.9 Å². The minimum atomic E-state index is -1.08. The number of anilines is 1. The number of benzene rings is 2. The molecule has 3 aliphatic heterocycles. The third-order valence-corrected chi connectivity index (χ3v) is 6.31. The summed E-state index contributed by atoms with van der Waals surface area (Å²) < 4.78 is 12.7. The van der Waals surface area contributed by atoms with Crippen LogP contribution in [0.4, 0.5) is 5.69 Å². The van der Waals surface area contributed by atoms with Crippen LogP contribution in [0, 0.1) is 0 Å². The highest BCUT2D eigenvalue weighted by molar-refractivity contribution is 8.01. The van der Waals surface area contributed by atoms with Gasteiger partial charge in [-0.2, -0.15) is 0 Å². The fraction of sp³-hybridized carbons (Fsp3) is 0.250. The van der Waals surface area contributed by atoms with Crippen molar-refractivity contribution in [3.05, 3.63) is 65.7 Å². The standard InChI is InChI=1S/C20H16N2O5S/c23-16-10-17-22(16)15(11-21(28-17)12-6-2-1-3-7-12)19(25)27-20-14-9-5-4-8-13(14)18(24)26-20/h1-9,15,17,20H,10-11H2/t15?,17-,20?/m1/s1. The second-order valence-corrected chi connectivity index (χ2v) is 7.93. The second-order valence-electron chi connectivity index (χ2n) is 6.74. The van der Waals surface area contributed by atoms with E-state index >= 15 is 0 Å². The Hall–Kier alpha value is -3.00. The molecule has 2 unspecified atom stereocenters. The van der Waals surface area contributed by atoms with E-state index in [-0.39, 0.29) is 11.3 Å². The van der Waals surface area contributed by atoms with E-state index in [1.807, 2.05) is 34.6 Å². The van der Waals surface area contributed by atoms with Gasteiger partial charge in [0, 0.05) is 11.3 Å². The van der Waals surface area contributed by atoms with Gasteiger partial charge in [0.2, 0.25) is 5.91 Å². The molecule has 2 aromatic carbocycles. The number of hydrogen-bond donors (Lipinski definition) is 0. The number of amides is 1. The zero-order chi connectivity index (χ0) is 19.3. The van der Waals surface area contributed by atoms with Crippen LogP contribution in [0.15, 0.2) is 54.6 Å². The number of carbonyl (C=O) groups is 3. The number of fused-ring (bicyclic) bond motifs is 2. The number of nitrogens with zero attached hydrogens (tertiary/aromatic N) is 2. The molecule has 0 bridgehead atoms. The van der Waals surface area contributed by atoms with E-state index in [9.17, 15) is 14.4 Å². The van der Waals surface area contributed by atoms with Crippen molar-refractivity contribution < 1.29 is 23.9 Å². The van der Waals surface area contributed by atoms with Gasteiger partial charge in [-0.05, 0) is 30.1 Å². The maximum absolute atomic E-state index is 12.9. The Kier molecular flexibility index (Phi) is 4.01. The van der Waals surface area contributed by atoms with Crippen molar-refractivity contribution in [1.29, 1.82) is 0 Å². The van der Waals surface area contributed by atoms with Gasteiger partial charge in [-0.25, -0.2) is 9.59 Å². The third kappa shape index (κ3) is 2.72. The Morgan fingerprint density at radius 1 is 1.07 bits per heavy atom. The molecule has 2 fully saturated rings. The van der Waals surface area contributed by atoms with E-state index in [1.165, 1.54) is 11.9 Å². The number of carbonyl (C=O) groups excluding carboxylic acids is 3. The maximum atomic E-state index is 12.9. The molecule has 5 rings (SSSR count). The molecule has 28 heavy (non-hydrogen) atoms. The van der Waals surface area contributed by atoms with Gasteiger partial charge in [-0.3, -0.25) is 4.79 Å². The van der Waals surface area contributed by atoms with Crippen molar-refractivity contribution >= 4 is 35.5 Å². The summed E-state index contributed by atoms with van der Waals surface area (Å²) in [7, 11) is 0. The van der Waals surface area contributed by atoms with E-state index in [2.05, 4.69) is 0 Å². The van der Waals surface area contributed by atoms with Crippen LogP contribution < -0.4 is 4.31 Å². The zero-order valence-electron chi connectivity index (χ0n) is 14.7. The smallest absolute Gasteiger partial charge is 0.342 e. The van der Waals surface area contributed by atoms with Crippen LogP contribution in [0.25, 0.3) is 0 Å². The van der Waals surface area contributed by atoms with Crippen LogP contribution in [-0.4, -0.2) is 40.7 Å². The molecule has 7 nitrogen and oxygen atoms in total. The van der Waals surface area contributed by atoms with Crippen LogP contribution in [0.3, 0.4) is 0 Å². The molecule has 0 radical (unpaired) electrons. The highest BCUT2D eigenvalue weighted by Crippen LogP contribution is 2.42. The van der Waals surface area contributed by atoms with Crippen molar-refractivity contribution in [2.75, 3.05) is 10.8 Å². The molecule has 0 spiro atoms. The summed E-state index contributed by atoms with van der Waals surface area (Å²) in [5.74, 6) is -1.17. The Bertz CT molecular complexity index is 966. The summed E-state index contributed by atoms with van der Waals surface area (Å²) in [4.78, 5) is 38.6. The fourth-order valence-electron chi connectivity index (χ4n) is 3.63. The molecule has 3 aliphatic rings. The monoisotopic (exact) mass is 396 g/mol. The molecular formula is C20H16N2O5S. The molecule has 8 heteroatoms. The Balaban J connectivity index is 1.37. The lowest BCUT2D eigenvalue weighted by Crippen LogP contribution is -2.65. The average Bonchev–Trinajstić information content (AvgIpc) is 3.02. The van der Waals surface area contributed by atoms with Gasteiger partial charge in [0.05, 0.1) is 18.5 Å². The van der Waals surface area contributed by atoms with Gasteiger partial charge < -0.3 is 18.7 Å². The molecule has 0 aliphatic carbocycles. The SMILES string of the molecule is O=C1OC(OC(=O)C2CN(c3ccccc3)S[C@@H]3CC(=O)N23)c2ccccc21. The molecule has 2 saturated heterocycles. The van der Waals surface area contributed by atoms with Gasteiger partial charge in [0.25, 0.3) is 6.29 Å². The number of ether oxygens (including phenoxy) is 2. The number of esters is 2. The molecule has 2 aromatic rings. The van der Waals surface area contributed by atoms with E-state index in [4.69, 9.17) is 9.47 Å².